The van der Waals surface area contributed by atoms with Gasteiger partial charge in [-0.25, -0.2) is 0 Å². The van der Waals surface area contributed by atoms with Crippen LogP contribution in [0.2, 0.25) is 0 Å². The van der Waals surface area contributed by atoms with Crippen LogP contribution in [0.5, 0.6) is 0 Å². The van der Waals surface area contributed by atoms with Crippen LogP contribution in [0, 0.1) is 0 Å². The monoisotopic (exact) mass is 381 g/mol. The second kappa shape index (κ2) is 9.01. The van der Waals surface area contributed by atoms with Gasteiger partial charge in [-0.3, -0.25) is 20.0 Å². The first-order valence-electron chi connectivity index (χ1n) is 10.4. The standard InChI is InChI=1S/C22H31N5O/c1-3-18-16(12-27-13-21-22(14-27)26-28-15-25-21)8-9-20(19(18)4-2)24-11-17-7-5-6-10-23-17/h5-10,21-22,24-26H,3-4,11-15H2,1-2H3. The van der Waals surface area contributed by atoms with Gasteiger partial charge in [-0.05, 0) is 47.7 Å². The van der Waals surface area contributed by atoms with Crippen molar-refractivity contribution in [2.75, 3.05) is 25.1 Å². The Hall–Kier alpha value is -1.99. The number of rotatable bonds is 7. The first kappa shape index (κ1) is 19.3. The van der Waals surface area contributed by atoms with Crippen LogP contribution in [-0.2, 0) is 30.8 Å². The first-order chi connectivity index (χ1) is 13.8. The molecule has 2 atom stereocenters. The van der Waals surface area contributed by atoms with Crippen LogP contribution in [-0.4, -0.2) is 41.8 Å². The third-order valence-electron chi connectivity index (χ3n) is 5.86. The Labute approximate surface area is 167 Å². The summed E-state index contributed by atoms with van der Waals surface area (Å²) in [7, 11) is 0. The lowest BCUT2D eigenvalue weighted by Gasteiger charge is -2.26. The molecular formula is C22H31N5O. The Morgan fingerprint density at radius 1 is 1.11 bits per heavy atom. The summed E-state index contributed by atoms with van der Waals surface area (Å²) in [5.74, 6) is 0. The zero-order valence-electron chi connectivity index (χ0n) is 16.9. The molecule has 0 spiro atoms. The SMILES string of the molecule is CCc1c(CN2CC3NCONC3C2)ccc(NCc2ccccn2)c1CC. The molecule has 0 bridgehead atoms. The van der Waals surface area contributed by atoms with E-state index in [1.54, 1.807) is 0 Å². The van der Waals surface area contributed by atoms with Crippen LogP contribution < -0.4 is 16.1 Å². The van der Waals surface area contributed by atoms with E-state index in [4.69, 9.17) is 4.84 Å². The molecule has 2 aromatic rings. The third kappa shape index (κ3) is 4.20. The highest BCUT2D eigenvalue weighted by molar-refractivity contribution is 5.57. The summed E-state index contributed by atoms with van der Waals surface area (Å²) in [5, 5.41) is 7.05. The normalized spacial score (nSPS) is 22.2. The van der Waals surface area contributed by atoms with Crippen LogP contribution in [0.25, 0.3) is 0 Å². The van der Waals surface area contributed by atoms with E-state index in [0.29, 0.717) is 18.8 Å². The van der Waals surface area contributed by atoms with Crippen molar-refractivity contribution < 1.29 is 4.84 Å². The van der Waals surface area contributed by atoms with Gasteiger partial charge < -0.3 is 5.32 Å². The number of fused-ring (bicyclic) bond motifs is 1. The van der Waals surface area contributed by atoms with E-state index in [9.17, 15) is 0 Å². The Bertz CT molecular complexity index is 768. The molecule has 150 valence electrons. The lowest BCUT2D eigenvalue weighted by molar-refractivity contribution is -0.0347. The average molecular weight is 382 g/mol. The Kier molecular flexibility index (Phi) is 6.22. The van der Waals surface area contributed by atoms with Gasteiger partial charge in [0.1, 0.15) is 6.73 Å². The smallest absolute Gasteiger partial charge is 0.119 e. The van der Waals surface area contributed by atoms with Crippen molar-refractivity contribution in [2.24, 2.45) is 0 Å². The summed E-state index contributed by atoms with van der Waals surface area (Å²) < 4.78 is 0. The summed E-state index contributed by atoms with van der Waals surface area (Å²) in [6.45, 7) is 8.93. The van der Waals surface area contributed by atoms with Crippen LogP contribution in [0.1, 0.15) is 36.2 Å². The van der Waals surface area contributed by atoms with Gasteiger partial charge >= 0.3 is 0 Å². The second-order valence-corrected chi connectivity index (χ2v) is 7.63. The highest BCUT2D eigenvalue weighted by Gasteiger charge is 2.35. The van der Waals surface area contributed by atoms with E-state index in [1.165, 1.54) is 22.4 Å². The van der Waals surface area contributed by atoms with Gasteiger partial charge in [0, 0.05) is 37.6 Å². The molecule has 0 aliphatic carbocycles. The minimum absolute atomic E-state index is 0.379. The van der Waals surface area contributed by atoms with Crippen molar-refractivity contribution in [3.63, 3.8) is 0 Å². The molecule has 2 aliphatic rings. The summed E-state index contributed by atoms with van der Waals surface area (Å²) in [4.78, 5) is 12.3. The van der Waals surface area contributed by atoms with Crippen molar-refractivity contribution in [3.05, 3.63) is 58.9 Å². The fraction of sp³-hybridized carbons (Fsp3) is 0.500. The molecule has 0 saturated carbocycles. The zero-order valence-corrected chi connectivity index (χ0v) is 16.9. The minimum atomic E-state index is 0.379. The maximum absolute atomic E-state index is 5.34. The van der Waals surface area contributed by atoms with E-state index in [1.807, 2.05) is 18.3 Å². The number of hydroxylamine groups is 1. The Morgan fingerprint density at radius 3 is 2.71 bits per heavy atom. The number of anilines is 1. The average Bonchev–Trinajstić information content (AvgIpc) is 3.15. The van der Waals surface area contributed by atoms with Crippen molar-refractivity contribution in [1.82, 2.24) is 20.7 Å². The van der Waals surface area contributed by atoms with Gasteiger partial charge in [0.25, 0.3) is 0 Å². The molecule has 2 unspecified atom stereocenters. The van der Waals surface area contributed by atoms with Crippen molar-refractivity contribution >= 4 is 5.69 Å². The number of pyridine rings is 1. The number of likely N-dealkylation sites (tertiary alicyclic amines) is 1. The van der Waals surface area contributed by atoms with Gasteiger partial charge in [0.2, 0.25) is 0 Å². The summed E-state index contributed by atoms with van der Waals surface area (Å²) in [5.41, 5.74) is 9.84. The summed E-state index contributed by atoms with van der Waals surface area (Å²) in [6.07, 6.45) is 3.93. The predicted molar refractivity (Wildman–Crippen MR) is 112 cm³/mol. The van der Waals surface area contributed by atoms with E-state index < -0.39 is 0 Å². The van der Waals surface area contributed by atoms with Crippen LogP contribution >= 0.6 is 0 Å². The van der Waals surface area contributed by atoms with Gasteiger partial charge in [-0.15, -0.1) is 0 Å². The number of hydrogen-bond acceptors (Lipinski definition) is 6. The Balaban J connectivity index is 1.48. The summed E-state index contributed by atoms with van der Waals surface area (Å²) in [6, 6.07) is 11.5. The van der Waals surface area contributed by atoms with E-state index in [0.717, 1.165) is 44.7 Å². The maximum Gasteiger partial charge on any atom is 0.119 e. The highest BCUT2D eigenvalue weighted by Crippen LogP contribution is 2.27. The fourth-order valence-corrected chi connectivity index (χ4v) is 4.47. The number of nitrogens with one attached hydrogen (secondary N) is 3. The topological polar surface area (TPSA) is 61.5 Å². The quantitative estimate of drug-likeness (QED) is 0.685. The fourth-order valence-electron chi connectivity index (χ4n) is 4.47. The van der Waals surface area contributed by atoms with Crippen molar-refractivity contribution in [1.29, 1.82) is 0 Å². The highest BCUT2D eigenvalue weighted by atomic mass is 16.7. The van der Waals surface area contributed by atoms with Crippen LogP contribution in [0.15, 0.2) is 36.5 Å². The molecule has 6 heteroatoms. The number of hydrogen-bond donors (Lipinski definition) is 3. The van der Waals surface area contributed by atoms with Crippen LogP contribution in [0.3, 0.4) is 0 Å². The molecule has 3 N–H and O–H groups in total. The van der Waals surface area contributed by atoms with Crippen molar-refractivity contribution in [3.8, 4) is 0 Å². The molecule has 0 radical (unpaired) electrons. The van der Waals surface area contributed by atoms with Gasteiger partial charge in [-0.1, -0.05) is 26.0 Å². The number of nitrogens with zero attached hydrogens (tertiary/aromatic N) is 2. The lowest BCUT2D eigenvalue weighted by Crippen LogP contribution is -2.53. The lowest BCUT2D eigenvalue weighted by atomic mass is 9.95. The molecule has 2 fully saturated rings. The third-order valence-corrected chi connectivity index (χ3v) is 5.86. The largest absolute Gasteiger partial charge is 0.379 e. The zero-order chi connectivity index (χ0) is 19.3. The molecule has 4 rings (SSSR count). The maximum atomic E-state index is 5.34. The van der Waals surface area contributed by atoms with Gasteiger partial charge in [-0.2, -0.15) is 5.48 Å². The number of benzene rings is 1. The molecule has 2 aliphatic heterocycles. The second-order valence-electron chi connectivity index (χ2n) is 7.63. The minimum Gasteiger partial charge on any atom is -0.379 e. The summed E-state index contributed by atoms with van der Waals surface area (Å²) >= 11 is 0. The molecule has 28 heavy (non-hydrogen) atoms. The first-order valence-corrected chi connectivity index (χ1v) is 10.4. The van der Waals surface area contributed by atoms with E-state index >= 15 is 0 Å². The van der Waals surface area contributed by atoms with Gasteiger partial charge in [0.15, 0.2) is 0 Å². The molecule has 1 aromatic heterocycles. The van der Waals surface area contributed by atoms with E-state index in [2.05, 4.69) is 58.0 Å². The van der Waals surface area contributed by atoms with E-state index in [-0.39, 0.29) is 0 Å². The molecule has 0 amide bonds. The molecular weight excluding hydrogens is 350 g/mol. The molecule has 6 nitrogen and oxygen atoms in total. The molecule has 3 heterocycles. The van der Waals surface area contributed by atoms with Gasteiger partial charge in [0.05, 0.1) is 18.3 Å². The number of aromatic nitrogens is 1. The Morgan fingerprint density at radius 2 is 1.96 bits per heavy atom. The van der Waals surface area contributed by atoms with Crippen LogP contribution in [0.4, 0.5) is 5.69 Å². The predicted octanol–water partition coefficient (Wildman–Crippen LogP) is 2.45. The van der Waals surface area contributed by atoms with Crippen molar-refractivity contribution in [2.45, 2.75) is 51.9 Å². The molecule has 2 saturated heterocycles. The molecule has 1 aromatic carbocycles.